The van der Waals surface area contributed by atoms with Crippen molar-refractivity contribution in [1.82, 2.24) is 0 Å². The lowest BCUT2D eigenvalue weighted by atomic mass is 9.96. The van der Waals surface area contributed by atoms with Gasteiger partial charge < -0.3 is 9.47 Å². The van der Waals surface area contributed by atoms with Gasteiger partial charge in [-0.25, -0.2) is 0 Å². The minimum Gasteiger partial charge on any atom is -0.458 e. The number of Topliss-reactive ketones (excluding diaryl/α,β-unsaturated/α-hetero) is 1. The molecule has 0 amide bonds. The summed E-state index contributed by atoms with van der Waals surface area (Å²) in [6.07, 6.45) is 1.59. The molecule has 0 fully saturated rings. The van der Waals surface area contributed by atoms with Crippen molar-refractivity contribution in [1.29, 1.82) is 0 Å². The number of nitrogens with zero attached hydrogens (tertiary/aromatic N) is 1. The van der Waals surface area contributed by atoms with Crippen LogP contribution in [0.15, 0.2) is 23.8 Å². The quantitative estimate of drug-likeness (QED) is 0.624. The molecular weight excluding hydrogens is 262 g/mol. The lowest BCUT2D eigenvalue weighted by Crippen LogP contribution is -2.42. The molecule has 1 aromatic rings. The van der Waals surface area contributed by atoms with Crippen molar-refractivity contribution in [3.8, 4) is 5.75 Å². The molecule has 1 atom stereocenters. The van der Waals surface area contributed by atoms with Gasteiger partial charge in [-0.2, -0.15) is 0 Å². The number of benzene rings is 1. The van der Waals surface area contributed by atoms with E-state index in [1.165, 1.54) is 25.1 Å². The van der Waals surface area contributed by atoms with Crippen LogP contribution >= 0.6 is 0 Å². The van der Waals surface area contributed by atoms with E-state index in [1.807, 2.05) is 0 Å². The molecule has 0 N–H and O–H groups in total. The molecule has 0 aliphatic carbocycles. The van der Waals surface area contributed by atoms with Gasteiger partial charge >= 0.3 is 0 Å². The fourth-order valence-electron chi connectivity index (χ4n) is 2.21. The molecule has 6 heteroatoms. The third-order valence-corrected chi connectivity index (χ3v) is 3.10. The molecule has 1 aromatic carbocycles. The standard InChI is InChI=1S/C14H15NO5/c1-4-19-14(3)12(9(2)16)8-10-7-11(15(17)18)5-6-13(10)20-14/h5-8H,4H2,1-3H3. The monoisotopic (exact) mass is 277 g/mol. The molecule has 6 nitrogen and oxygen atoms in total. The zero-order valence-corrected chi connectivity index (χ0v) is 11.5. The topological polar surface area (TPSA) is 78.7 Å². The highest BCUT2D eigenvalue weighted by molar-refractivity contribution is 6.00. The summed E-state index contributed by atoms with van der Waals surface area (Å²) in [5, 5.41) is 10.8. The molecule has 1 aliphatic heterocycles. The molecule has 106 valence electrons. The Morgan fingerprint density at radius 1 is 1.50 bits per heavy atom. The highest BCUT2D eigenvalue weighted by atomic mass is 16.7. The maximum absolute atomic E-state index is 11.8. The number of non-ortho nitro benzene ring substituents is 1. The fourth-order valence-corrected chi connectivity index (χ4v) is 2.21. The van der Waals surface area contributed by atoms with Crippen LogP contribution in [0.2, 0.25) is 0 Å². The van der Waals surface area contributed by atoms with Gasteiger partial charge in [-0.05, 0) is 26.0 Å². The normalized spacial score (nSPS) is 20.6. The maximum Gasteiger partial charge on any atom is 0.270 e. The van der Waals surface area contributed by atoms with Crippen molar-refractivity contribution in [3.63, 3.8) is 0 Å². The summed E-state index contributed by atoms with van der Waals surface area (Å²) in [6.45, 7) is 5.25. The Labute approximate surface area is 116 Å². The smallest absolute Gasteiger partial charge is 0.270 e. The Hall–Kier alpha value is -2.21. The fraction of sp³-hybridized carbons (Fsp3) is 0.357. The average Bonchev–Trinajstić information content (AvgIpc) is 2.36. The number of carbonyl (C=O) groups excluding carboxylic acids is 1. The van der Waals surface area contributed by atoms with E-state index in [0.29, 0.717) is 23.5 Å². The molecule has 0 saturated heterocycles. The summed E-state index contributed by atoms with van der Waals surface area (Å²) in [7, 11) is 0. The number of ether oxygens (including phenoxy) is 2. The Morgan fingerprint density at radius 3 is 2.75 bits per heavy atom. The lowest BCUT2D eigenvalue weighted by Gasteiger charge is -2.35. The Balaban J connectivity index is 2.54. The second-order valence-electron chi connectivity index (χ2n) is 4.57. The van der Waals surface area contributed by atoms with E-state index in [0.717, 1.165) is 0 Å². The summed E-state index contributed by atoms with van der Waals surface area (Å²) in [6, 6.07) is 4.25. The SMILES string of the molecule is CCOC1(C)Oc2ccc([N+](=O)[O-])cc2C=C1C(C)=O. The van der Waals surface area contributed by atoms with Crippen LogP contribution in [0.25, 0.3) is 6.08 Å². The number of hydrogen-bond donors (Lipinski definition) is 0. The summed E-state index contributed by atoms with van der Waals surface area (Å²) < 4.78 is 11.3. The predicted octanol–water partition coefficient (Wildman–Crippen LogP) is 2.71. The molecule has 0 bridgehead atoms. The van der Waals surface area contributed by atoms with Crippen LogP contribution in [0.1, 0.15) is 26.3 Å². The third-order valence-electron chi connectivity index (χ3n) is 3.10. The Bertz CT molecular complexity index is 608. The largest absolute Gasteiger partial charge is 0.458 e. The van der Waals surface area contributed by atoms with Crippen LogP contribution < -0.4 is 4.74 Å². The van der Waals surface area contributed by atoms with Crippen LogP contribution in [0.4, 0.5) is 5.69 Å². The number of fused-ring (bicyclic) bond motifs is 1. The highest BCUT2D eigenvalue weighted by Crippen LogP contribution is 2.38. The molecule has 1 aliphatic rings. The molecule has 1 heterocycles. The minimum atomic E-state index is -1.16. The van der Waals surface area contributed by atoms with Crippen molar-refractivity contribution in [2.45, 2.75) is 26.6 Å². The molecular formula is C14H15NO5. The van der Waals surface area contributed by atoms with Crippen molar-refractivity contribution in [2.75, 3.05) is 6.61 Å². The van der Waals surface area contributed by atoms with Gasteiger partial charge in [0.25, 0.3) is 5.69 Å². The van der Waals surface area contributed by atoms with Crippen LogP contribution in [0, 0.1) is 10.1 Å². The second kappa shape index (κ2) is 5.05. The first-order valence-corrected chi connectivity index (χ1v) is 6.22. The predicted molar refractivity (Wildman–Crippen MR) is 72.4 cm³/mol. The second-order valence-corrected chi connectivity index (χ2v) is 4.57. The average molecular weight is 277 g/mol. The van der Waals surface area contributed by atoms with E-state index in [9.17, 15) is 14.9 Å². The van der Waals surface area contributed by atoms with Crippen LogP contribution in [0.5, 0.6) is 5.75 Å². The van der Waals surface area contributed by atoms with Gasteiger partial charge in [0.1, 0.15) is 5.75 Å². The van der Waals surface area contributed by atoms with Gasteiger partial charge in [-0.3, -0.25) is 14.9 Å². The minimum absolute atomic E-state index is 0.0495. The Morgan fingerprint density at radius 2 is 2.20 bits per heavy atom. The molecule has 20 heavy (non-hydrogen) atoms. The molecule has 2 rings (SSSR count). The molecule has 0 radical (unpaired) electrons. The zero-order chi connectivity index (χ0) is 14.9. The molecule has 0 spiro atoms. The van der Waals surface area contributed by atoms with E-state index in [4.69, 9.17) is 9.47 Å². The van der Waals surface area contributed by atoms with Crippen molar-refractivity contribution < 1.29 is 19.2 Å². The van der Waals surface area contributed by atoms with Gasteiger partial charge in [0.2, 0.25) is 5.79 Å². The van der Waals surface area contributed by atoms with E-state index < -0.39 is 10.7 Å². The van der Waals surface area contributed by atoms with Crippen LogP contribution in [-0.2, 0) is 9.53 Å². The number of nitro groups is 1. The van der Waals surface area contributed by atoms with Gasteiger partial charge in [0, 0.05) is 31.2 Å². The summed E-state index contributed by atoms with van der Waals surface area (Å²) in [4.78, 5) is 22.1. The molecule has 0 saturated carbocycles. The van der Waals surface area contributed by atoms with Gasteiger partial charge in [0.05, 0.1) is 10.5 Å². The molecule has 1 unspecified atom stereocenters. The summed E-state index contributed by atoms with van der Waals surface area (Å²) in [5.41, 5.74) is 0.792. The number of hydrogen-bond acceptors (Lipinski definition) is 5. The zero-order valence-electron chi connectivity index (χ0n) is 11.5. The summed E-state index contributed by atoms with van der Waals surface area (Å²) >= 11 is 0. The lowest BCUT2D eigenvalue weighted by molar-refractivity contribution is -0.384. The van der Waals surface area contributed by atoms with Crippen LogP contribution in [-0.4, -0.2) is 23.1 Å². The van der Waals surface area contributed by atoms with E-state index in [1.54, 1.807) is 19.9 Å². The third kappa shape index (κ3) is 2.42. The number of rotatable bonds is 4. The molecule has 0 aromatic heterocycles. The highest BCUT2D eigenvalue weighted by Gasteiger charge is 2.38. The number of carbonyl (C=O) groups is 1. The van der Waals surface area contributed by atoms with Crippen molar-refractivity contribution in [2.24, 2.45) is 0 Å². The van der Waals surface area contributed by atoms with Gasteiger partial charge in [-0.1, -0.05) is 0 Å². The maximum atomic E-state index is 11.8. The van der Waals surface area contributed by atoms with Gasteiger partial charge in [-0.15, -0.1) is 0 Å². The van der Waals surface area contributed by atoms with E-state index in [2.05, 4.69) is 0 Å². The number of nitro benzene ring substituents is 1. The first-order valence-electron chi connectivity index (χ1n) is 6.22. The Kier molecular flexibility index (Phi) is 3.59. The first-order chi connectivity index (χ1) is 9.37. The van der Waals surface area contributed by atoms with Gasteiger partial charge in [0.15, 0.2) is 5.78 Å². The van der Waals surface area contributed by atoms with Crippen molar-refractivity contribution in [3.05, 3.63) is 39.4 Å². The first kappa shape index (κ1) is 14.2. The van der Waals surface area contributed by atoms with Crippen molar-refractivity contribution >= 4 is 17.5 Å². The van der Waals surface area contributed by atoms with E-state index >= 15 is 0 Å². The summed E-state index contributed by atoms with van der Waals surface area (Å²) in [5.74, 6) is -0.904. The van der Waals surface area contributed by atoms with Crippen LogP contribution in [0.3, 0.4) is 0 Å². The van der Waals surface area contributed by atoms with E-state index in [-0.39, 0.29) is 11.5 Å². The number of ketones is 1.